The third kappa shape index (κ3) is 3.83. The van der Waals surface area contributed by atoms with Crippen LogP contribution in [0.25, 0.3) is 0 Å². The Labute approximate surface area is 137 Å². The molecule has 0 amide bonds. The summed E-state index contributed by atoms with van der Waals surface area (Å²) >= 11 is 0. The summed E-state index contributed by atoms with van der Waals surface area (Å²) in [7, 11) is 4.02. The van der Waals surface area contributed by atoms with Gasteiger partial charge in [0.1, 0.15) is 5.75 Å². The Kier molecular flexibility index (Phi) is 4.81. The minimum atomic E-state index is 0.369. The number of para-hydroxylation sites is 1. The molecule has 0 fully saturated rings. The van der Waals surface area contributed by atoms with Crippen LogP contribution in [-0.2, 0) is 6.54 Å². The monoisotopic (exact) mass is 309 g/mol. The largest absolute Gasteiger partial charge is 0.493 e. The molecule has 1 unspecified atom stereocenters. The molecule has 0 spiro atoms. The minimum absolute atomic E-state index is 0.369. The van der Waals surface area contributed by atoms with Gasteiger partial charge < -0.3 is 15.0 Å². The number of hydrogen-bond acceptors (Lipinski definition) is 2. The summed E-state index contributed by atoms with van der Waals surface area (Å²) in [6.07, 6.45) is 0. The fourth-order valence-electron chi connectivity index (χ4n) is 2.72. The predicted molar refractivity (Wildman–Crippen MR) is 93.9 cm³/mol. The van der Waals surface area contributed by atoms with E-state index < -0.39 is 0 Å². The van der Waals surface area contributed by atoms with Crippen molar-refractivity contribution >= 4 is 5.96 Å². The molecule has 23 heavy (non-hydrogen) atoms. The number of benzene rings is 2. The molecule has 0 radical (unpaired) electrons. The lowest BCUT2D eigenvalue weighted by Crippen LogP contribution is -2.39. The van der Waals surface area contributed by atoms with Crippen LogP contribution in [0.5, 0.6) is 5.75 Å². The third-order valence-corrected chi connectivity index (χ3v) is 3.98. The van der Waals surface area contributed by atoms with Crippen LogP contribution in [0.15, 0.2) is 59.6 Å². The summed E-state index contributed by atoms with van der Waals surface area (Å²) in [4.78, 5) is 6.72. The molecule has 0 aromatic heterocycles. The lowest BCUT2D eigenvalue weighted by molar-refractivity contribution is 0.329. The maximum absolute atomic E-state index is 5.74. The average molecular weight is 309 g/mol. The molecule has 1 aliphatic heterocycles. The van der Waals surface area contributed by atoms with E-state index in [0.717, 1.165) is 24.9 Å². The molecule has 1 aliphatic rings. The van der Waals surface area contributed by atoms with Gasteiger partial charge in [0.25, 0.3) is 0 Å². The highest BCUT2D eigenvalue weighted by Gasteiger charge is 2.23. The first-order valence-electron chi connectivity index (χ1n) is 7.95. The maximum Gasteiger partial charge on any atom is 0.193 e. The number of aliphatic imine (C=N–C) groups is 1. The first-order valence-corrected chi connectivity index (χ1v) is 7.95. The number of ether oxygens (including phenoxy) is 1. The number of hydrogen-bond donors (Lipinski definition) is 1. The second kappa shape index (κ2) is 7.18. The zero-order valence-corrected chi connectivity index (χ0v) is 13.7. The second-order valence-corrected chi connectivity index (χ2v) is 5.95. The van der Waals surface area contributed by atoms with Crippen LogP contribution in [-0.4, -0.2) is 38.1 Å². The van der Waals surface area contributed by atoms with Crippen LogP contribution in [0.1, 0.15) is 17.0 Å². The topological polar surface area (TPSA) is 36.9 Å². The van der Waals surface area contributed by atoms with E-state index in [4.69, 9.17) is 9.73 Å². The molecule has 0 bridgehead atoms. The number of nitrogens with one attached hydrogen (secondary N) is 1. The smallest absolute Gasteiger partial charge is 0.193 e. The lowest BCUT2D eigenvalue weighted by Gasteiger charge is -2.19. The summed E-state index contributed by atoms with van der Waals surface area (Å²) in [6.45, 7) is 2.23. The third-order valence-electron chi connectivity index (χ3n) is 3.98. The van der Waals surface area contributed by atoms with Crippen molar-refractivity contribution in [1.82, 2.24) is 10.2 Å². The Hall–Kier alpha value is -2.49. The van der Waals surface area contributed by atoms with Crippen LogP contribution in [0.4, 0.5) is 0 Å². The van der Waals surface area contributed by atoms with Crippen molar-refractivity contribution < 1.29 is 4.74 Å². The Bertz CT molecular complexity index is 667. The van der Waals surface area contributed by atoms with E-state index in [2.05, 4.69) is 29.6 Å². The van der Waals surface area contributed by atoms with E-state index >= 15 is 0 Å². The van der Waals surface area contributed by atoms with Gasteiger partial charge in [-0.1, -0.05) is 48.5 Å². The lowest BCUT2D eigenvalue weighted by atomic mass is 10.0. The highest BCUT2D eigenvalue weighted by atomic mass is 16.5. The van der Waals surface area contributed by atoms with Gasteiger partial charge in [-0.25, -0.2) is 4.99 Å². The van der Waals surface area contributed by atoms with Crippen LogP contribution < -0.4 is 10.1 Å². The van der Waals surface area contributed by atoms with Gasteiger partial charge in [-0.3, -0.25) is 0 Å². The molecule has 2 aromatic carbocycles. The van der Waals surface area contributed by atoms with Gasteiger partial charge in [-0.2, -0.15) is 0 Å². The van der Waals surface area contributed by atoms with E-state index in [9.17, 15) is 0 Å². The molecular weight excluding hydrogens is 286 g/mol. The first kappa shape index (κ1) is 15.4. The second-order valence-electron chi connectivity index (χ2n) is 5.95. The van der Waals surface area contributed by atoms with Crippen LogP contribution in [0.2, 0.25) is 0 Å². The molecule has 4 heteroatoms. The fourth-order valence-corrected chi connectivity index (χ4v) is 2.72. The van der Waals surface area contributed by atoms with Gasteiger partial charge in [0.05, 0.1) is 13.2 Å². The van der Waals surface area contributed by atoms with Gasteiger partial charge in [0.15, 0.2) is 5.96 Å². The fraction of sp³-hybridized carbons (Fsp3) is 0.316. The van der Waals surface area contributed by atoms with E-state index in [1.807, 2.05) is 49.3 Å². The normalized spacial score (nSPS) is 16.6. The van der Waals surface area contributed by atoms with Crippen LogP contribution >= 0.6 is 0 Å². The molecule has 0 aliphatic carbocycles. The molecule has 120 valence electrons. The maximum atomic E-state index is 5.74. The Morgan fingerprint density at radius 1 is 1.13 bits per heavy atom. The van der Waals surface area contributed by atoms with Crippen LogP contribution in [0.3, 0.4) is 0 Å². The summed E-state index contributed by atoms with van der Waals surface area (Å²) in [5.74, 6) is 2.28. The van der Waals surface area contributed by atoms with Crippen molar-refractivity contribution in [3.05, 3.63) is 65.7 Å². The Morgan fingerprint density at radius 2 is 1.87 bits per heavy atom. The zero-order valence-electron chi connectivity index (χ0n) is 13.7. The van der Waals surface area contributed by atoms with Gasteiger partial charge >= 0.3 is 0 Å². The SMILES string of the molecule is CN(C)C(=NCc1ccccc1)NCC1COc2ccccc21. The van der Waals surface area contributed by atoms with Crippen molar-refractivity contribution in [2.45, 2.75) is 12.5 Å². The number of guanidine groups is 1. The van der Waals surface area contributed by atoms with Gasteiger partial charge in [0.2, 0.25) is 0 Å². The summed E-state index contributed by atoms with van der Waals surface area (Å²) in [5.41, 5.74) is 2.49. The highest BCUT2D eigenvalue weighted by Crippen LogP contribution is 2.32. The zero-order chi connectivity index (χ0) is 16.1. The number of nitrogens with zero attached hydrogens (tertiary/aromatic N) is 2. The molecule has 1 N–H and O–H groups in total. The van der Waals surface area contributed by atoms with E-state index in [1.165, 1.54) is 11.1 Å². The molecule has 3 rings (SSSR count). The average Bonchev–Trinajstić information content (AvgIpc) is 2.99. The number of fused-ring (bicyclic) bond motifs is 1. The molecule has 1 atom stereocenters. The van der Waals surface area contributed by atoms with Crippen LogP contribution in [0, 0.1) is 0 Å². The highest BCUT2D eigenvalue weighted by molar-refractivity contribution is 5.79. The molecule has 2 aromatic rings. The van der Waals surface area contributed by atoms with Gasteiger partial charge in [0, 0.05) is 32.1 Å². The van der Waals surface area contributed by atoms with E-state index in [0.29, 0.717) is 12.5 Å². The van der Waals surface area contributed by atoms with E-state index in [-0.39, 0.29) is 0 Å². The predicted octanol–water partition coefficient (Wildman–Crippen LogP) is 2.87. The molecule has 0 saturated heterocycles. The number of rotatable bonds is 4. The quantitative estimate of drug-likeness (QED) is 0.697. The summed E-state index contributed by atoms with van der Waals surface area (Å²) < 4.78 is 5.74. The Balaban J connectivity index is 1.62. The van der Waals surface area contributed by atoms with Crippen molar-refractivity contribution in [3.8, 4) is 5.75 Å². The van der Waals surface area contributed by atoms with Gasteiger partial charge in [-0.05, 0) is 11.6 Å². The molecule has 1 heterocycles. The van der Waals surface area contributed by atoms with Gasteiger partial charge in [-0.15, -0.1) is 0 Å². The van der Waals surface area contributed by atoms with Crippen molar-refractivity contribution in [3.63, 3.8) is 0 Å². The Morgan fingerprint density at radius 3 is 2.65 bits per heavy atom. The van der Waals surface area contributed by atoms with Crippen molar-refractivity contribution in [2.75, 3.05) is 27.2 Å². The van der Waals surface area contributed by atoms with Crippen molar-refractivity contribution in [1.29, 1.82) is 0 Å². The minimum Gasteiger partial charge on any atom is -0.493 e. The summed E-state index contributed by atoms with van der Waals surface area (Å²) in [5, 5.41) is 3.47. The molecule has 4 nitrogen and oxygen atoms in total. The first-order chi connectivity index (χ1) is 11.2. The molecule has 0 saturated carbocycles. The standard InChI is InChI=1S/C19H23N3O/c1-22(2)19(20-12-15-8-4-3-5-9-15)21-13-16-14-23-18-11-7-6-10-17(16)18/h3-11,16H,12-14H2,1-2H3,(H,20,21). The van der Waals surface area contributed by atoms with Crippen molar-refractivity contribution in [2.24, 2.45) is 4.99 Å². The summed E-state index contributed by atoms with van der Waals surface area (Å²) in [6, 6.07) is 18.6. The molecular formula is C19H23N3O. The van der Waals surface area contributed by atoms with E-state index in [1.54, 1.807) is 0 Å².